The fourth-order valence-electron chi connectivity index (χ4n) is 2.41. The molecule has 1 aliphatic rings. The number of aliphatic carboxylic acids is 2. The third kappa shape index (κ3) is 6.71. The van der Waals surface area contributed by atoms with Gasteiger partial charge in [0.1, 0.15) is 0 Å². The molecule has 146 valence electrons. The summed E-state index contributed by atoms with van der Waals surface area (Å²) in [5, 5.41) is 35.9. The number of aliphatic hydroxyl groups is 2. The van der Waals surface area contributed by atoms with E-state index >= 15 is 0 Å². The first-order chi connectivity index (χ1) is 12.0. The van der Waals surface area contributed by atoms with E-state index in [2.05, 4.69) is 5.32 Å². The zero-order chi connectivity index (χ0) is 19.9. The van der Waals surface area contributed by atoms with Crippen LogP contribution in [0, 0.1) is 0 Å². The van der Waals surface area contributed by atoms with Gasteiger partial charge in [0.05, 0.1) is 4.90 Å². The normalized spacial score (nSPS) is 19.6. The molecule has 2 rings (SSSR count). The minimum absolute atomic E-state index is 0.426. The Bertz CT molecular complexity index is 710. The molecule has 0 aliphatic carbocycles. The lowest BCUT2D eigenvalue weighted by Gasteiger charge is -2.23. The van der Waals surface area contributed by atoms with Crippen molar-refractivity contribution in [2.45, 2.75) is 35.9 Å². The minimum atomic E-state index is -3.08. The largest absolute Gasteiger partial charge is 0.479 e. The van der Waals surface area contributed by atoms with Gasteiger partial charge < -0.3 is 25.7 Å². The third-order valence-electron chi connectivity index (χ3n) is 3.86. The number of hydrogen-bond acceptors (Lipinski definition) is 7. The maximum Gasteiger partial charge on any atom is 0.335 e. The van der Waals surface area contributed by atoms with E-state index in [4.69, 9.17) is 20.4 Å². The lowest BCUT2D eigenvalue weighted by atomic mass is 9.92. The van der Waals surface area contributed by atoms with E-state index < -0.39 is 34.0 Å². The molecule has 1 aromatic rings. The molecular weight excluding hydrogens is 366 g/mol. The van der Waals surface area contributed by atoms with Crippen molar-refractivity contribution in [2.75, 3.05) is 19.3 Å². The van der Waals surface area contributed by atoms with Gasteiger partial charge in [-0.2, -0.15) is 0 Å². The molecule has 0 saturated carbocycles. The summed E-state index contributed by atoms with van der Waals surface area (Å²) >= 11 is 0. The second-order valence-corrected chi connectivity index (χ2v) is 7.97. The van der Waals surface area contributed by atoms with Crippen molar-refractivity contribution in [2.24, 2.45) is 0 Å². The zero-order valence-corrected chi connectivity index (χ0v) is 15.0. The van der Waals surface area contributed by atoms with Crippen LogP contribution >= 0.6 is 0 Å². The van der Waals surface area contributed by atoms with Crippen LogP contribution in [-0.4, -0.2) is 72.3 Å². The number of benzene rings is 1. The summed E-state index contributed by atoms with van der Waals surface area (Å²) in [5.74, 6) is -3.08. The Morgan fingerprint density at radius 3 is 2.15 bits per heavy atom. The maximum atomic E-state index is 11.5. The first-order valence-electron chi connectivity index (χ1n) is 7.86. The minimum Gasteiger partial charge on any atom is -0.479 e. The Kier molecular flexibility index (Phi) is 8.15. The first-order valence-corrected chi connectivity index (χ1v) is 9.75. The molecule has 3 atom stereocenters. The van der Waals surface area contributed by atoms with E-state index in [-0.39, 0.29) is 0 Å². The molecule has 0 bridgehead atoms. The van der Waals surface area contributed by atoms with E-state index in [0.717, 1.165) is 31.5 Å². The van der Waals surface area contributed by atoms with Crippen molar-refractivity contribution in [3.8, 4) is 0 Å². The van der Waals surface area contributed by atoms with Gasteiger partial charge in [-0.3, -0.25) is 0 Å². The summed E-state index contributed by atoms with van der Waals surface area (Å²) < 4.78 is 22.9. The highest BCUT2D eigenvalue weighted by Crippen LogP contribution is 2.25. The van der Waals surface area contributed by atoms with Crippen molar-refractivity contribution in [3.63, 3.8) is 0 Å². The first kappa shape index (κ1) is 22.0. The van der Waals surface area contributed by atoms with Gasteiger partial charge in [-0.1, -0.05) is 12.1 Å². The molecule has 0 aromatic heterocycles. The molecule has 5 N–H and O–H groups in total. The third-order valence-corrected chi connectivity index (χ3v) is 4.97. The molecule has 0 amide bonds. The van der Waals surface area contributed by atoms with Crippen LogP contribution in [0.3, 0.4) is 0 Å². The summed E-state index contributed by atoms with van der Waals surface area (Å²) in [6.07, 6.45) is -0.978. The highest BCUT2D eigenvalue weighted by Gasteiger charge is 2.29. The molecule has 1 unspecified atom stereocenters. The summed E-state index contributed by atoms with van der Waals surface area (Å²) in [5.41, 5.74) is 1.13. The number of carboxylic acid groups (broad SMARTS) is 2. The molecule has 1 fully saturated rings. The Balaban J connectivity index is 0.000000294. The van der Waals surface area contributed by atoms with Gasteiger partial charge in [-0.25, -0.2) is 18.0 Å². The second-order valence-electron chi connectivity index (χ2n) is 5.95. The maximum absolute atomic E-state index is 11.5. The lowest BCUT2D eigenvalue weighted by Crippen LogP contribution is -2.39. The highest BCUT2D eigenvalue weighted by molar-refractivity contribution is 7.90. The lowest BCUT2D eigenvalue weighted by molar-refractivity contribution is -0.165. The fourth-order valence-corrected chi connectivity index (χ4v) is 3.08. The van der Waals surface area contributed by atoms with E-state index in [1.807, 2.05) is 18.2 Å². The van der Waals surface area contributed by atoms with Crippen molar-refractivity contribution < 1.29 is 38.4 Å². The topological polar surface area (TPSA) is 161 Å². The van der Waals surface area contributed by atoms with E-state index in [1.165, 1.54) is 6.26 Å². The van der Waals surface area contributed by atoms with Crippen molar-refractivity contribution in [1.82, 2.24) is 5.32 Å². The summed E-state index contributed by atoms with van der Waals surface area (Å²) in [7, 11) is -3.08. The number of piperidine rings is 1. The van der Waals surface area contributed by atoms with Crippen molar-refractivity contribution in [1.29, 1.82) is 0 Å². The predicted octanol–water partition coefficient (Wildman–Crippen LogP) is -0.565. The van der Waals surface area contributed by atoms with Crippen molar-refractivity contribution >= 4 is 21.8 Å². The van der Waals surface area contributed by atoms with Crippen LogP contribution in [0.1, 0.15) is 24.3 Å². The molecule has 10 heteroatoms. The zero-order valence-electron chi connectivity index (χ0n) is 14.2. The van der Waals surface area contributed by atoms with Gasteiger partial charge in [0.25, 0.3) is 0 Å². The molecule has 9 nitrogen and oxygen atoms in total. The molecule has 0 radical (unpaired) electrons. The summed E-state index contributed by atoms with van der Waals surface area (Å²) in [6, 6.07) is 7.33. The summed E-state index contributed by atoms with van der Waals surface area (Å²) in [6.45, 7) is 2.02. The van der Waals surface area contributed by atoms with E-state index in [1.54, 1.807) is 6.07 Å². The average Bonchev–Trinajstić information content (AvgIpc) is 2.61. The van der Waals surface area contributed by atoms with Crippen LogP contribution in [0.4, 0.5) is 0 Å². The van der Waals surface area contributed by atoms with Crippen LogP contribution in [0.2, 0.25) is 0 Å². The van der Waals surface area contributed by atoms with Crippen LogP contribution in [0.15, 0.2) is 29.2 Å². The Morgan fingerprint density at radius 2 is 1.73 bits per heavy atom. The second kappa shape index (κ2) is 9.62. The van der Waals surface area contributed by atoms with Crippen molar-refractivity contribution in [3.05, 3.63) is 29.8 Å². The molecule has 0 spiro atoms. The Labute approximate surface area is 151 Å². The van der Waals surface area contributed by atoms with Gasteiger partial charge in [0.15, 0.2) is 22.0 Å². The van der Waals surface area contributed by atoms with Crippen LogP contribution in [0.25, 0.3) is 0 Å². The highest BCUT2D eigenvalue weighted by atomic mass is 32.2. The van der Waals surface area contributed by atoms with Gasteiger partial charge in [0.2, 0.25) is 0 Å². The number of aliphatic hydroxyl groups excluding tert-OH is 2. The standard InChI is InChI=1S/C12H17NO2S.C4H6O6/c1-16(14,15)12-6-2-4-10(8-12)11-5-3-7-13-9-11;5-1(3(7)8)2(6)4(9)10/h2,4,6,8,11,13H,3,5,7,9H2,1H3;1-2,5-6H,(H,7,8)(H,9,10)/t;1-,2-/m.1/s1. The summed E-state index contributed by atoms with van der Waals surface area (Å²) in [4.78, 5) is 20.0. The fraction of sp³-hybridized carbons (Fsp3) is 0.500. The van der Waals surface area contributed by atoms with Crippen LogP contribution < -0.4 is 5.32 Å². The monoisotopic (exact) mass is 389 g/mol. The molecule has 1 saturated heterocycles. The number of carboxylic acids is 2. The number of sulfone groups is 1. The SMILES string of the molecule is CS(=O)(=O)c1cccc(C2CCCNC2)c1.O=C(O)[C@H](O)[C@@H](O)C(=O)O. The van der Waals surface area contributed by atoms with Gasteiger partial charge >= 0.3 is 11.9 Å². The number of nitrogens with one attached hydrogen (secondary N) is 1. The quantitative estimate of drug-likeness (QED) is 0.444. The molecule has 1 aliphatic heterocycles. The molecule has 1 heterocycles. The molecular formula is C16H23NO8S. The Morgan fingerprint density at radius 1 is 1.15 bits per heavy atom. The average molecular weight is 389 g/mol. The Hall–Kier alpha value is -2.01. The van der Waals surface area contributed by atoms with Gasteiger partial charge in [-0.15, -0.1) is 0 Å². The van der Waals surface area contributed by atoms with Crippen LogP contribution in [-0.2, 0) is 19.4 Å². The van der Waals surface area contributed by atoms with Gasteiger partial charge in [-0.05, 0) is 43.0 Å². The predicted molar refractivity (Wildman–Crippen MR) is 91.7 cm³/mol. The molecule has 26 heavy (non-hydrogen) atoms. The molecule has 1 aromatic carbocycles. The number of hydrogen-bond donors (Lipinski definition) is 5. The van der Waals surface area contributed by atoms with Gasteiger partial charge in [0, 0.05) is 12.8 Å². The van der Waals surface area contributed by atoms with E-state index in [9.17, 15) is 18.0 Å². The smallest absolute Gasteiger partial charge is 0.335 e. The number of rotatable bonds is 5. The van der Waals surface area contributed by atoms with E-state index in [0.29, 0.717) is 10.8 Å². The van der Waals surface area contributed by atoms with Crippen LogP contribution in [0.5, 0.6) is 0 Å². The number of carbonyl (C=O) groups is 2.